The molecule has 0 radical (unpaired) electrons. The van der Waals surface area contributed by atoms with Crippen molar-refractivity contribution in [2.24, 2.45) is 5.92 Å². The highest BCUT2D eigenvalue weighted by atomic mass is 32.2. The van der Waals surface area contributed by atoms with Gasteiger partial charge in [-0.25, -0.2) is 0 Å². The number of hydrogen-bond donors (Lipinski definition) is 1. The van der Waals surface area contributed by atoms with Gasteiger partial charge in [-0.3, -0.25) is 14.3 Å². The van der Waals surface area contributed by atoms with E-state index in [1.165, 1.54) is 11.8 Å². The minimum Gasteiger partial charge on any atom is -0.353 e. The van der Waals surface area contributed by atoms with Crippen molar-refractivity contribution in [3.63, 3.8) is 0 Å². The first-order chi connectivity index (χ1) is 12.5. The van der Waals surface area contributed by atoms with E-state index in [1.807, 2.05) is 12.1 Å². The number of nitrogens with one attached hydrogen (secondary N) is 1. The molecule has 1 aliphatic rings. The molecule has 0 bridgehead atoms. The molecule has 1 unspecified atom stereocenters. The number of carbonyl (C=O) groups is 1. The highest BCUT2D eigenvalue weighted by Gasteiger charge is 2.30. The Balaban J connectivity index is 1.60. The Hall–Kier alpha value is -1.89. The first-order valence-electron chi connectivity index (χ1n) is 9.32. The summed E-state index contributed by atoms with van der Waals surface area (Å²) in [6, 6.07) is 4.55. The van der Waals surface area contributed by atoms with Crippen molar-refractivity contribution in [3.05, 3.63) is 24.5 Å². The van der Waals surface area contributed by atoms with Gasteiger partial charge < -0.3 is 5.32 Å². The summed E-state index contributed by atoms with van der Waals surface area (Å²) in [5.41, 5.74) is 1.01. The van der Waals surface area contributed by atoms with E-state index in [-0.39, 0.29) is 11.9 Å². The molecule has 26 heavy (non-hydrogen) atoms. The van der Waals surface area contributed by atoms with Crippen LogP contribution in [0, 0.1) is 5.92 Å². The van der Waals surface area contributed by atoms with Crippen LogP contribution in [0.25, 0.3) is 11.4 Å². The van der Waals surface area contributed by atoms with Gasteiger partial charge in [0.05, 0.1) is 5.75 Å². The number of aromatic nitrogens is 4. The lowest BCUT2D eigenvalue weighted by Gasteiger charge is -2.15. The minimum atomic E-state index is 0.0575. The van der Waals surface area contributed by atoms with Crippen LogP contribution in [0.15, 0.2) is 29.7 Å². The lowest BCUT2D eigenvalue weighted by molar-refractivity contribution is -0.119. The van der Waals surface area contributed by atoms with Crippen LogP contribution in [0.2, 0.25) is 0 Å². The Morgan fingerprint density at radius 3 is 2.62 bits per heavy atom. The Morgan fingerprint density at radius 2 is 1.96 bits per heavy atom. The van der Waals surface area contributed by atoms with Gasteiger partial charge in [0.25, 0.3) is 0 Å². The van der Waals surface area contributed by atoms with Crippen molar-refractivity contribution < 1.29 is 4.79 Å². The molecule has 1 fully saturated rings. The Kier molecular flexibility index (Phi) is 6.29. The number of rotatable bonds is 9. The highest BCUT2D eigenvalue weighted by Crippen LogP contribution is 2.40. The number of pyridine rings is 1. The highest BCUT2D eigenvalue weighted by molar-refractivity contribution is 7.99. The van der Waals surface area contributed by atoms with E-state index < -0.39 is 0 Å². The van der Waals surface area contributed by atoms with Gasteiger partial charge in [-0.2, -0.15) is 0 Å². The van der Waals surface area contributed by atoms with E-state index in [0.29, 0.717) is 17.7 Å². The molecule has 1 aliphatic carbocycles. The predicted molar refractivity (Wildman–Crippen MR) is 104 cm³/mol. The Labute approximate surface area is 159 Å². The monoisotopic (exact) mass is 373 g/mol. The zero-order valence-electron chi connectivity index (χ0n) is 15.7. The van der Waals surface area contributed by atoms with Crippen molar-refractivity contribution in [2.75, 3.05) is 5.75 Å². The standard InChI is InChI=1S/C19H27N5OS/c1-13(2)4-5-14(3)21-17(25)12-26-19-23-22-18(24(19)16-6-7-16)15-8-10-20-11-9-15/h8-11,13-14,16H,4-7,12H2,1-3H3,(H,21,25). The van der Waals surface area contributed by atoms with Gasteiger partial charge in [0.2, 0.25) is 5.91 Å². The Bertz CT molecular complexity index is 727. The first-order valence-corrected chi connectivity index (χ1v) is 10.3. The van der Waals surface area contributed by atoms with Gasteiger partial charge in [-0.05, 0) is 50.7 Å². The van der Waals surface area contributed by atoms with Crippen molar-refractivity contribution in [3.8, 4) is 11.4 Å². The third kappa shape index (κ3) is 5.06. The van der Waals surface area contributed by atoms with Crippen molar-refractivity contribution >= 4 is 17.7 Å². The molecule has 1 amide bonds. The van der Waals surface area contributed by atoms with E-state index >= 15 is 0 Å². The average molecular weight is 374 g/mol. The molecule has 2 aromatic heterocycles. The summed E-state index contributed by atoms with van der Waals surface area (Å²) >= 11 is 1.47. The van der Waals surface area contributed by atoms with Crippen LogP contribution in [-0.4, -0.2) is 37.5 Å². The maximum absolute atomic E-state index is 12.2. The average Bonchev–Trinajstić information content (AvgIpc) is 3.38. The van der Waals surface area contributed by atoms with Crippen LogP contribution in [0.5, 0.6) is 0 Å². The molecule has 2 heterocycles. The second-order valence-electron chi connectivity index (χ2n) is 7.37. The molecule has 0 spiro atoms. The third-order valence-corrected chi connectivity index (χ3v) is 5.37. The van der Waals surface area contributed by atoms with Crippen molar-refractivity contribution in [1.29, 1.82) is 0 Å². The summed E-state index contributed by atoms with van der Waals surface area (Å²) in [5, 5.41) is 12.6. The number of amides is 1. The molecular weight excluding hydrogens is 346 g/mol. The number of thioether (sulfide) groups is 1. The molecule has 0 saturated heterocycles. The fourth-order valence-electron chi connectivity index (χ4n) is 2.84. The molecule has 140 valence electrons. The quantitative estimate of drug-likeness (QED) is 0.678. The van der Waals surface area contributed by atoms with E-state index in [0.717, 1.165) is 42.2 Å². The molecule has 0 aliphatic heterocycles. The summed E-state index contributed by atoms with van der Waals surface area (Å²) in [4.78, 5) is 16.3. The zero-order valence-corrected chi connectivity index (χ0v) is 16.5. The summed E-state index contributed by atoms with van der Waals surface area (Å²) in [6.45, 7) is 6.48. The SMILES string of the molecule is CC(C)CCC(C)NC(=O)CSc1nnc(-c2ccncc2)n1C1CC1. The van der Waals surface area contributed by atoms with Gasteiger partial charge >= 0.3 is 0 Å². The molecule has 3 rings (SSSR count). The fourth-order valence-corrected chi connectivity index (χ4v) is 3.65. The topological polar surface area (TPSA) is 72.7 Å². The molecule has 1 saturated carbocycles. The van der Waals surface area contributed by atoms with E-state index in [9.17, 15) is 4.79 Å². The zero-order chi connectivity index (χ0) is 18.5. The van der Waals surface area contributed by atoms with E-state index in [1.54, 1.807) is 12.4 Å². The number of hydrogen-bond acceptors (Lipinski definition) is 5. The van der Waals surface area contributed by atoms with Gasteiger partial charge in [0.1, 0.15) is 0 Å². The molecule has 1 atom stereocenters. The van der Waals surface area contributed by atoms with Gasteiger partial charge in [-0.15, -0.1) is 10.2 Å². The van der Waals surface area contributed by atoms with Crippen LogP contribution in [0.1, 0.15) is 52.5 Å². The van der Waals surface area contributed by atoms with Gasteiger partial charge in [0.15, 0.2) is 11.0 Å². The second kappa shape index (κ2) is 8.66. The van der Waals surface area contributed by atoms with Crippen LogP contribution in [0.4, 0.5) is 0 Å². The van der Waals surface area contributed by atoms with Crippen LogP contribution in [0.3, 0.4) is 0 Å². The maximum atomic E-state index is 12.2. The summed E-state index contributed by atoms with van der Waals surface area (Å²) in [6.07, 6.45) is 7.95. The molecule has 7 heteroatoms. The maximum Gasteiger partial charge on any atom is 0.230 e. The third-order valence-electron chi connectivity index (χ3n) is 4.43. The second-order valence-corrected chi connectivity index (χ2v) is 8.31. The lowest BCUT2D eigenvalue weighted by Crippen LogP contribution is -2.34. The Morgan fingerprint density at radius 1 is 1.23 bits per heavy atom. The van der Waals surface area contributed by atoms with Crippen molar-refractivity contribution in [2.45, 2.75) is 63.7 Å². The minimum absolute atomic E-state index is 0.0575. The van der Waals surface area contributed by atoms with Crippen molar-refractivity contribution in [1.82, 2.24) is 25.1 Å². The van der Waals surface area contributed by atoms with Gasteiger partial charge in [0, 0.05) is 30.0 Å². The normalized spacial score (nSPS) is 15.2. The predicted octanol–water partition coefficient (Wildman–Crippen LogP) is 3.71. The van der Waals surface area contributed by atoms with Crippen LogP contribution < -0.4 is 5.32 Å². The molecule has 2 aromatic rings. The molecule has 6 nitrogen and oxygen atoms in total. The lowest BCUT2D eigenvalue weighted by atomic mass is 10.0. The van der Waals surface area contributed by atoms with Crippen LogP contribution in [-0.2, 0) is 4.79 Å². The number of nitrogens with zero attached hydrogens (tertiary/aromatic N) is 4. The first kappa shape index (κ1) is 18.9. The molecular formula is C19H27N5OS. The van der Waals surface area contributed by atoms with E-state index in [2.05, 4.69) is 45.8 Å². The smallest absolute Gasteiger partial charge is 0.230 e. The molecule has 1 N–H and O–H groups in total. The summed E-state index contributed by atoms with van der Waals surface area (Å²) in [7, 11) is 0. The van der Waals surface area contributed by atoms with Crippen LogP contribution >= 0.6 is 11.8 Å². The molecule has 0 aromatic carbocycles. The fraction of sp³-hybridized carbons (Fsp3) is 0.579. The van der Waals surface area contributed by atoms with E-state index in [4.69, 9.17) is 0 Å². The number of carbonyl (C=O) groups excluding carboxylic acids is 1. The summed E-state index contributed by atoms with van der Waals surface area (Å²) < 4.78 is 2.18. The summed E-state index contributed by atoms with van der Waals surface area (Å²) in [5.74, 6) is 1.95. The van der Waals surface area contributed by atoms with Gasteiger partial charge in [-0.1, -0.05) is 25.6 Å². The largest absolute Gasteiger partial charge is 0.353 e.